The lowest BCUT2D eigenvalue weighted by Gasteiger charge is -2.20. The highest BCUT2D eigenvalue weighted by Crippen LogP contribution is 2.12. The predicted octanol–water partition coefficient (Wildman–Crippen LogP) is 1.32. The van der Waals surface area contributed by atoms with Crippen molar-refractivity contribution < 1.29 is 4.79 Å². The maximum atomic E-state index is 11.8. The van der Waals surface area contributed by atoms with Crippen LogP contribution in [0.1, 0.15) is 18.4 Å². The van der Waals surface area contributed by atoms with E-state index >= 15 is 0 Å². The van der Waals surface area contributed by atoms with Crippen LogP contribution in [-0.4, -0.2) is 19.0 Å². The molecule has 0 aromatic heterocycles. The minimum Gasteiger partial charge on any atom is -0.352 e. The SMILES string of the molecule is O=C(NCc1ccccc1)C1CC[N]CC1. The molecule has 16 heavy (non-hydrogen) atoms. The third kappa shape index (κ3) is 3.07. The van der Waals surface area contributed by atoms with Gasteiger partial charge in [-0.15, -0.1) is 0 Å². The van der Waals surface area contributed by atoms with Crippen LogP contribution in [0.5, 0.6) is 0 Å². The van der Waals surface area contributed by atoms with Crippen LogP contribution in [0.2, 0.25) is 0 Å². The van der Waals surface area contributed by atoms with Gasteiger partial charge in [0.1, 0.15) is 0 Å². The van der Waals surface area contributed by atoms with E-state index in [-0.39, 0.29) is 11.8 Å². The first-order valence-corrected chi connectivity index (χ1v) is 5.81. The van der Waals surface area contributed by atoms with Gasteiger partial charge in [0.05, 0.1) is 0 Å². The first kappa shape index (κ1) is 11.1. The Hall–Kier alpha value is -1.35. The molecule has 0 bridgehead atoms. The van der Waals surface area contributed by atoms with Gasteiger partial charge >= 0.3 is 0 Å². The number of nitrogens with one attached hydrogen (secondary N) is 1. The van der Waals surface area contributed by atoms with Crippen molar-refractivity contribution in [2.24, 2.45) is 5.92 Å². The summed E-state index contributed by atoms with van der Waals surface area (Å²) in [5.74, 6) is 0.347. The number of piperidine rings is 1. The Morgan fingerprint density at radius 2 is 1.94 bits per heavy atom. The van der Waals surface area contributed by atoms with Crippen LogP contribution < -0.4 is 10.6 Å². The number of carbonyl (C=O) groups is 1. The molecule has 0 aliphatic carbocycles. The molecule has 1 aliphatic rings. The molecule has 2 rings (SSSR count). The van der Waals surface area contributed by atoms with Crippen LogP contribution in [0.3, 0.4) is 0 Å². The van der Waals surface area contributed by atoms with E-state index in [0.29, 0.717) is 6.54 Å². The zero-order chi connectivity index (χ0) is 11.2. The Balaban J connectivity index is 1.79. The van der Waals surface area contributed by atoms with Crippen molar-refractivity contribution in [3.05, 3.63) is 35.9 Å². The van der Waals surface area contributed by atoms with E-state index in [1.807, 2.05) is 30.3 Å². The minimum absolute atomic E-state index is 0.168. The fourth-order valence-corrected chi connectivity index (χ4v) is 1.94. The molecule has 1 heterocycles. The van der Waals surface area contributed by atoms with Gasteiger partial charge < -0.3 is 5.32 Å². The Morgan fingerprint density at radius 1 is 1.25 bits per heavy atom. The minimum atomic E-state index is 0.168. The molecular weight excluding hydrogens is 200 g/mol. The maximum absolute atomic E-state index is 11.8. The smallest absolute Gasteiger partial charge is 0.223 e. The molecule has 85 valence electrons. The normalized spacial score (nSPS) is 17.0. The van der Waals surface area contributed by atoms with Crippen LogP contribution >= 0.6 is 0 Å². The average Bonchev–Trinajstić information content (AvgIpc) is 2.38. The van der Waals surface area contributed by atoms with Gasteiger partial charge in [0.25, 0.3) is 0 Å². The third-order valence-electron chi connectivity index (χ3n) is 2.95. The average molecular weight is 217 g/mol. The summed E-state index contributed by atoms with van der Waals surface area (Å²) in [4.78, 5) is 11.8. The zero-order valence-electron chi connectivity index (χ0n) is 9.36. The van der Waals surface area contributed by atoms with E-state index in [2.05, 4.69) is 10.6 Å². The van der Waals surface area contributed by atoms with Crippen molar-refractivity contribution in [2.75, 3.05) is 13.1 Å². The molecule has 1 aromatic carbocycles. The Labute approximate surface area is 96.2 Å². The molecule has 1 N–H and O–H groups in total. The summed E-state index contributed by atoms with van der Waals surface area (Å²) in [5.41, 5.74) is 1.15. The second kappa shape index (κ2) is 5.66. The van der Waals surface area contributed by atoms with E-state index < -0.39 is 0 Å². The molecule has 1 aromatic rings. The lowest BCUT2D eigenvalue weighted by atomic mass is 9.97. The van der Waals surface area contributed by atoms with Crippen LogP contribution in [0.15, 0.2) is 30.3 Å². The lowest BCUT2D eigenvalue weighted by molar-refractivity contribution is -0.125. The van der Waals surface area contributed by atoms with E-state index in [0.717, 1.165) is 31.5 Å². The number of amides is 1. The van der Waals surface area contributed by atoms with E-state index in [9.17, 15) is 4.79 Å². The summed E-state index contributed by atoms with van der Waals surface area (Å²) < 4.78 is 0. The quantitative estimate of drug-likeness (QED) is 0.815. The summed E-state index contributed by atoms with van der Waals surface area (Å²) in [5, 5.41) is 7.24. The molecule has 1 saturated heterocycles. The molecule has 0 saturated carbocycles. The molecule has 1 aliphatic heterocycles. The molecule has 0 unspecified atom stereocenters. The van der Waals surface area contributed by atoms with Crippen LogP contribution in [0, 0.1) is 5.92 Å². The highest BCUT2D eigenvalue weighted by atomic mass is 16.1. The lowest BCUT2D eigenvalue weighted by Crippen LogP contribution is -2.35. The summed E-state index contributed by atoms with van der Waals surface area (Å²) in [6.07, 6.45) is 1.81. The monoisotopic (exact) mass is 217 g/mol. The zero-order valence-corrected chi connectivity index (χ0v) is 9.36. The van der Waals surface area contributed by atoms with Crippen molar-refractivity contribution in [3.8, 4) is 0 Å². The maximum Gasteiger partial charge on any atom is 0.223 e. The van der Waals surface area contributed by atoms with Crippen LogP contribution in [-0.2, 0) is 11.3 Å². The number of nitrogens with zero attached hydrogens (tertiary/aromatic N) is 1. The van der Waals surface area contributed by atoms with Crippen LogP contribution in [0.4, 0.5) is 0 Å². The highest BCUT2D eigenvalue weighted by molar-refractivity contribution is 5.78. The predicted molar refractivity (Wildman–Crippen MR) is 62.9 cm³/mol. The third-order valence-corrected chi connectivity index (χ3v) is 2.95. The fourth-order valence-electron chi connectivity index (χ4n) is 1.94. The van der Waals surface area contributed by atoms with Gasteiger partial charge in [-0.05, 0) is 18.4 Å². The summed E-state index contributed by atoms with van der Waals surface area (Å²) in [6.45, 7) is 2.31. The van der Waals surface area contributed by atoms with Gasteiger partial charge in [-0.3, -0.25) is 4.79 Å². The largest absolute Gasteiger partial charge is 0.352 e. The van der Waals surface area contributed by atoms with E-state index in [4.69, 9.17) is 0 Å². The molecule has 0 spiro atoms. The summed E-state index contributed by atoms with van der Waals surface area (Å²) >= 11 is 0. The molecule has 3 heteroatoms. The first-order chi connectivity index (χ1) is 7.86. The van der Waals surface area contributed by atoms with Crippen molar-refractivity contribution in [3.63, 3.8) is 0 Å². The van der Waals surface area contributed by atoms with Gasteiger partial charge in [-0.25, -0.2) is 5.32 Å². The number of benzene rings is 1. The molecule has 3 nitrogen and oxygen atoms in total. The highest BCUT2D eigenvalue weighted by Gasteiger charge is 2.20. The van der Waals surface area contributed by atoms with Crippen molar-refractivity contribution in [2.45, 2.75) is 19.4 Å². The second-order valence-electron chi connectivity index (χ2n) is 4.15. The van der Waals surface area contributed by atoms with Gasteiger partial charge in [0.2, 0.25) is 5.91 Å². The standard InChI is InChI=1S/C13H17N2O/c16-13(12-6-8-14-9-7-12)15-10-11-4-2-1-3-5-11/h1-5,12H,6-10H2,(H,15,16). The van der Waals surface area contributed by atoms with Gasteiger partial charge in [0.15, 0.2) is 0 Å². The number of rotatable bonds is 3. The summed E-state index contributed by atoms with van der Waals surface area (Å²) in [6, 6.07) is 10.0. The molecule has 1 radical (unpaired) electrons. The topological polar surface area (TPSA) is 43.2 Å². The number of hydrogen-bond donors (Lipinski definition) is 1. The van der Waals surface area contributed by atoms with Gasteiger partial charge in [-0.1, -0.05) is 30.3 Å². The van der Waals surface area contributed by atoms with Crippen molar-refractivity contribution >= 4 is 5.91 Å². The second-order valence-corrected chi connectivity index (χ2v) is 4.15. The van der Waals surface area contributed by atoms with E-state index in [1.54, 1.807) is 0 Å². The summed E-state index contributed by atoms with van der Waals surface area (Å²) in [7, 11) is 0. The Morgan fingerprint density at radius 3 is 2.62 bits per heavy atom. The Bertz CT molecular complexity index is 331. The van der Waals surface area contributed by atoms with Crippen LogP contribution in [0.25, 0.3) is 0 Å². The molecule has 1 fully saturated rings. The fraction of sp³-hybridized carbons (Fsp3) is 0.462. The van der Waals surface area contributed by atoms with Gasteiger partial charge in [-0.2, -0.15) is 0 Å². The molecular formula is C13H17N2O. The molecule has 1 amide bonds. The number of carbonyl (C=O) groups excluding carboxylic acids is 1. The molecule has 0 atom stereocenters. The van der Waals surface area contributed by atoms with E-state index in [1.165, 1.54) is 0 Å². The number of hydrogen-bond acceptors (Lipinski definition) is 1. The van der Waals surface area contributed by atoms with Gasteiger partial charge in [0, 0.05) is 25.6 Å². The Kier molecular flexibility index (Phi) is 3.94. The van der Waals surface area contributed by atoms with Crippen molar-refractivity contribution in [1.29, 1.82) is 0 Å². The first-order valence-electron chi connectivity index (χ1n) is 5.81. The van der Waals surface area contributed by atoms with Crippen molar-refractivity contribution in [1.82, 2.24) is 10.6 Å².